The fraction of sp³-hybridized carbons (Fsp3) is 0.364. The van der Waals surface area contributed by atoms with Crippen molar-refractivity contribution in [3.63, 3.8) is 0 Å². The number of hydrogen-bond donors (Lipinski definition) is 0. The van der Waals surface area contributed by atoms with E-state index in [0.29, 0.717) is 6.42 Å². The molecule has 0 spiro atoms. The quantitative estimate of drug-likeness (QED) is 0.755. The Morgan fingerprint density at radius 1 is 0.920 bits per heavy atom. The van der Waals surface area contributed by atoms with Gasteiger partial charge < -0.3 is 4.90 Å². The Labute approximate surface area is 148 Å². The molecule has 1 unspecified atom stereocenters. The number of benzene rings is 2. The predicted molar refractivity (Wildman–Crippen MR) is 97.6 cm³/mol. The molecule has 1 aliphatic heterocycles. The summed E-state index contributed by atoms with van der Waals surface area (Å²) in [7, 11) is 0. The lowest BCUT2D eigenvalue weighted by Gasteiger charge is -2.35. The molecule has 25 heavy (non-hydrogen) atoms. The van der Waals surface area contributed by atoms with Gasteiger partial charge in [-0.3, -0.25) is 9.59 Å². The Balaban J connectivity index is 1.66. The molecule has 1 atom stereocenters. The zero-order valence-electron chi connectivity index (χ0n) is 14.4. The van der Waals surface area contributed by atoms with E-state index in [-0.39, 0.29) is 23.8 Å². The molecule has 1 aliphatic carbocycles. The Bertz CT molecular complexity index is 778. The van der Waals surface area contributed by atoms with E-state index < -0.39 is 0 Å². The van der Waals surface area contributed by atoms with Crippen molar-refractivity contribution in [2.75, 3.05) is 0 Å². The maximum absolute atomic E-state index is 13.0. The normalized spacial score (nSPS) is 20.6. The van der Waals surface area contributed by atoms with Crippen molar-refractivity contribution in [1.29, 1.82) is 0 Å². The predicted octanol–water partition coefficient (Wildman–Crippen LogP) is 4.79. The van der Waals surface area contributed by atoms with Crippen molar-refractivity contribution < 1.29 is 9.59 Å². The molecule has 1 fully saturated rings. The number of fused-ring (bicyclic) bond motifs is 1. The smallest absolute Gasteiger partial charge is 0.254 e. The van der Waals surface area contributed by atoms with Crippen LogP contribution < -0.4 is 0 Å². The van der Waals surface area contributed by atoms with Crippen LogP contribution in [0.1, 0.15) is 70.8 Å². The number of carbonyl (C=O) groups is 2. The number of amides is 1. The van der Waals surface area contributed by atoms with Crippen LogP contribution in [0.4, 0.5) is 0 Å². The van der Waals surface area contributed by atoms with Crippen LogP contribution >= 0.6 is 0 Å². The van der Waals surface area contributed by atoms with Gasteiger partial charge >= 0.3 is 0 Å². The molecular weight excluding hydrogens is 310 g/mol. The highest BCUT2D eigenvalue weighted by Gasteiger charge is 2.41. The third-order valence-electron chi connectivity index (χ3n) is 5.56. The summed E-state index contributed by atoms with van der Waals surface area (Å²) in [6.07, 6.45) is 6.06. The van der Waals surface area contributed by atoms with Gasteiger partial charge in [0, 0.05) is 23.6 Å². The van der Waals surface area contributed by atoms with Crippen LogP contribution in [-0.2, 0) is 0 Å². The summed E-state index contributed by atoms with van der Waals surface area (Å²) in [5.74, 6) is 0.212. The zero-order valence-corrected chi connectivity index (χ0v) is 14.4. The summed E-state index contributed by atoms with van der Waals surface area (Å²) < 4.78 is 0. The molecular formula is C22H23NO2. The van der Waals surface area contributed by atoms with Crippen molar-refractivity contribution in [1.82, 2.24) is 4.90 Å². The highest BCUT2D eigenvalue weighted by Crippen LogP contribution is 2.41. The number of rotatable bonds is 4. The number of ketones is 1. The molecule has 2 aromatic rings. The van der Waals surface area contributed by atoms with Gasteiger partial charge in [0.2, 0.25) is 0 Å². The van der Waals surface area contributed by atoms with Crippen molar-refractivity contribution >= 4 is 11.7 Å². The minimum absolute atomic E-state index is 0.105. The van der Waals surface area contributed by atoms with Crippen molar-refractivity contribution in [3.05, 3.63) is 71.3 Å². The fourth-order valence-corrected chi connectivity index (χ4v) is 4.32. The van der Waals surface area contributed by atoms with Crippen LogP contribution in [0.2, 0.25) is 0 Å². The lowest BCUT2D eigenvalue weighted by molar-refractivity contribution is 0.0550. The number of hydrogen-bond acceptors (Lipinski definition) is 2. The second-order valence-electron chi connectivity index (χ2n) is 7.10. The summed E-state index contributed by atoms with van der Waals surface area (Å²) >= 11 is 0. The van der Waals surface area contributed by atoms with E-state index >= 15 is 0 Å². The van der Waals surface area contributed by atoms with Crippen molar-refractivity contribution in [2.45, 2.75) is 50.6 Å². The van der Waals surface area contributed by atoms with Crippen LogP contribution in [-0.4, -0.2) is 22.6 Å². The molecule has 3 nitrogen and oxygen atoms in total. The van der Waals surface area contributed by atoms with Gasteiger partial charge in [-0.25, -0.2) is 0 Å². The van der Waals surface area contributed by atoms with E-state index in [2.05, 4.69) is 0 Å². The van der Waals surface area contributed by atoms with E-state index in [0.717, 1.165) is 29.5 Å². The molecule has 0 saturated heterocycles. The van der Waals surface area contributed by atoms with Gasteiger partial charge in [0.05, 0.1) is 6.04 Å². The van der Waals surface area contributed by atoms with Gasteiger partial charge in [0.25, 0.3) is 5.91 Å². The molecule has 0 aromatic heterocycles. The Morgan fingerprint density at radius 2 is 1.60 bits per heavy atom. The van der Waals surface area contributed by atoms with Crippen molar-refractivity contribution in [2.24, 2.45) is 0 Å². The zero-order chi connectivity index (χ0) is 17.2. The van der Waals surface area contributed by atoms with Crippen LogP contribution in [0.15, 0.2) is 54.6 Å². The molecule has 4 rings (SSSR count). The highest BCUT2D eigenvalue weighted by atomic mass is 16.2. The van der Waals surface area contributed by atoms with Crippen LogP contribution in [0.3, 0.4) is 0 Å². The Hall–Kier alpha value is -2.42. The van der Waals surface area contributed by atoms with Crippen LogP contribution in [0.25, 0.3) is 0 Å². The molecule has 2 aromatic carbocycles. The van der Waals surface area contributed by atoms with Gasteiger partial charge in [-0.15, -0.1) is 0 Å². The monoisotopic (exact) mass is 333 g/mol. The van der Waals surface area contributed by atoms with Gasteiger partial charge in [-0.2, -0.15) is 0 Å². The molecule has 128 valence electrons. The third kappa shape index (κ3) is 2.99. The van der Waals surface area contributed by atoms with Gasteiger partial charge in [0.1, 0.15) is 0 Å². The molecule has 1 heterocycles. The second-order valence-corrected chi connectivity index (χ2v) is 7.10. The number of Topliss-reactive ketones (excluding diaryl/α,β-unsaturated/α-hetero) is 1. The summed E-state index contributed by atoms with van der Waals surface area (Å²) in [4.78, 5) is 27.9. The second kappa shape index (κ2) is 6.83. The summed E-state index contributed by atoms with van der Waals surface area (Å²) in [6, 6.07) is 17.3. The summed E-state index contributed by atoms with van der Waals surface area (Å²) in [5.41, 5.74) is 2.52. The average Bonchev–Trinajstić information content (AvgIpc) is 2.95. The lowest BCUT2D eigenvalue weighted by Crippen LogP contribution is -2.40. The maximum Gasteiger partial charge on any atom is 0.254 e. The fourth-order valence-electron chi connectivity index (χ4n) is 4.32. The summed E-state index contributed by atoms with van der Waals surface area (Å²) in [6.45, 7) is 0. The standard InChI is InChI=1S/C22H23NO2/c24-21(16-9-3-1-4-10-16)15-20-18-13-7-8-14-19(18)22(25)23(20)17-11-5-2-6-12-17/h1,3-4,7-10,13-14,17,20H,2,5-6,11-12,15H2. The molecule has 3 heteroatoms. The topological polar surface area (TPSA) is 37.4 Å². The largest absolute Gasteiger partial charge is 0.328 e. The number of carbonyl (C=O) groups excluding carboxylic acids is 2. The maximum atomic E-state index is 13.0. The minimum Gasteiger partial charge on any atom is -0.328 e. The first-order valence-electron chi connectivity index (χ1n) is 9.25. The first-order valence-corrected chi connectivity index (χ1v) is 9.25. The molecule has 0 N–H and O–H groups in total. The average molecular weight is 333 g/mol. The van der Waals surface area contributed by atoms with Crippen LogP contribution in [0.5, 0.6) is 0 Å². The van der Waals surface area contributed by atoms with Gasteiger partial charge in [0.15, 0.2) is 5.78 Å². The Kier molecular flexibility index (Phi) is 4.39. The van der Waals surface area contributed by atoms with Gasteiger partial charge in [-0.05, 0) is 24.5 Å². The SMILES string of the molecule is O=C(CC1c2ccccc2C(=O)N1C1CCCCC1)c1ccccc1. The highest BCUT2D eigenvalue weighted by molar-refractivity contribution is 6.02. The van der Waals surface area contributed by atoms with Crippen molar-refractivity contribution in [3.8, 4) is 0 Å². The molecule has 1 amide bonds. The van der Waals surface area contributed by atoms with Gasteiger partial charge in [-0.1, -0.05) is 67.8 Å². The Morgan fingerprint density at radius 3 is 2.36 bits per heavy atom. The first-order chi connectivity index (χ1) is 12.3. The molecule has 1 saturated carbocycles. The third-order valence-corrected chi connectivity index (χ3v) is 5.56. The van der Waals surface area contributed by atoms with Crippen LogP contribution in [0, 0.1) is 0 Å². The first kappa shape index (κ1) is 16.1. The number of nitrogens with zero attached hydrogens (tertiary/aromatic N) is 1. The van der Waals surface area contributed by atoms with E-state index in [1.807, 2.05) is 59.5 Å². The lowest BCUT2D eigenvalue weighted by atomic mass is 9.91. The molecule has 0 radical (unpaired) electrons. The van der Waals surface area contributed by atoms with E-state index in [4.69, 9.17) is 0 Å². The summed E-state index contributed by atoms with van der Waals surface area (Å²) in [5, 5.41) is 0. The molecule has 2 aliphatic rings. The van der Waals surface area contributed by atoms with E-state index in [1.165, 1.54) is 19.3 Å². The molecule has 0 bridgehead atoms. The van der Waals surface area contributed by atoms with E-state index in [9.17, 15) is 9.59 Å². The van der Waals surface area contributed by atoms with E-state index in [1.54, 1.807) is 0 Å². The minimum atomic E-state index is -0.125.